The maximum Gasteiger partial charge on any atom is 0.322 e. The lowest BCUT2D eigenvalue weighted by atomic mass is 10.0. The van der Waals surface area contributed by atoms with E-state index in [1.807, 2.05) is 0 Å². The Morgan fingerprint density at radius 3 is 3.05 bits per heavy atom. The molecule has 7 heteroatoms. The van der Waals surface area contributed by atoms with Gasteiger partial charge in [0.2, 0.25) is 5.89 Å². The number of carbonyl (C=O) groups excluding carboxylic acids is 1. The van der Waals surface area contributed by atoms with Crippen LogP contribution in [0.4, 0.5) is 6.01 Å². The van der Waals surface area contributed by atoms with Crippen LogP contribution < -0.4 is 10.6 Å². The first-order valence-electron chi connectivity index (χ1n) is 6.70. The quantitative estimate of drug-likeness (QED) is 0.848. The van der Waals surface area contributed by atoms with Crippen LogP contribution in [-0.4, -0.2) is 34.9 Å². The number of carbonyl (C=O) groups is 1. The van der Waals surface area contributed by atoms with Crippen LogP contribution in [0.1, 0.15) is 44.5 Å². The predicted octanol–water partition coefficient (Wildman–Crippen LogP) is 1.00. The minimum absolute atomic E-state index is 0.108. The summed E-state index contributed by atoms with van der Waals surface area (Å²) in [5.74, 6) is 0.310. The molecule has 0 radical (unpaired) electrons. The van der Waals surface area contributed by atoms with Crippen molar-refractivity contribution in [2.24, 2.45) is 0 Å². The smallest absolute Gasteiger partial charge is 0.322 e. The average molecular weight is 266 g/mol. The molecule has 7 nitrogen and oxygen atoms in total. The topological polar surface area (TPSA) is 89.3 Å². The molecule has 19 heavy (non-hydrogen) atoms. The normalized spacial score (nSPS) is 30.7. The highest BCUT2D eigenvalue weighted by molar-refractivity contribution is 5.95. The Morgan fingerprint density at radius 2 is 2.37 bits per heavy atom. The number of nitrogens with zero attached hydrogens (tertiary/aromatic N) is 2. The summed E-state index contributed by atoms with van der Waals surface area (Å²) >= 11 is 0. The maximum atomic E-state index is 12.1. The molecule has 1 aromatic rings. The van der Waals surface area contributed by atoms with Crippen LogP contribution in [0.2, 0.25) is 0 Å². The first-order valence-corrected chi connectivity index (χ1v) is 6.70. The van der Waals surface area contributed by atoms with Gasteiger partial charge in [-0.1, -0.05) is 5.10 Å². The second-order valence-corrected chi connectivity index (χ2v) is 5.23. The van der Waals surface area contributed by atoms with Crippen molar-refractivity contribution in [3.05, 3.63) is 5.89 Å². The molecule has 0 aromatic carbocycles. The molecule has 2 unspecified atom stereocenters. The van der Waals surface area contributed by atoms with Crippen molar-refractivity contribution in [1.82, 2.24) is 15.5 Å². The van der Waals surface area contributed by atoms with Crippen molar-refractivity contribution in [3.63, 3.8) is 0 Å². The molecule has 104 valence electrons. The molecule has 2 saturated heterocycles. The highest BCUT2D eigenvalue weighted by Crippen LogP contribution is 2.27. The van der Waals surface area contributed by atoms with Crippen molar-refractivity contribution < 1.29 is 13.9 Å². The van der Waals surface area contributed by atoms with E-state index in [2.05, 4.69) is 20.8 Å². The third kappa shape index (κ3) is 2.48. The van der Waals surface area contributed by atoms with Gasteiger partial charge in [-0.05, 0) is 39.2 Å². The Morgan fingerprint density at radius 1 is 1.47 bits per heavy atom. The molecule has 2 aliphatic heterocycles. The number of anilines is 1. The molecule has 2 fully saturated rings. The van der Waals surface area contributed by atoms with Crippen molar-refractivity contribution in [1.29, 1.82) is 0 Å². The van der Waals surface area contributed by atoms with Gasteiger partial charge in [-0.15, -0.1) is 5.10 Å². The van der Waals surface area contributed by atoms with Gasteiger partial charge >= 0.3 is 6.01 Å². The highest BCUT2D eigenvalue weighted by atomic mass is 16.5. The Bertz CT molecular complexity index is 461. The molecule has 3 heterocycles. The number of nitrogens with one attached hydrogen (secondary N) is 2. The molecular formula is C12H18N4O3. The number of amides is 1. The number of aromatic nitrogens is 2. The first-order chi connectivity index (χ1) is 9.17. The van der Waals surface area contributed by atoms with Gasteiger partial charge in [0.15, 0.2) is 0 Å². The van der Waals surface area contributed by atoms with E-state index in [1.54, 1.807) is 6.92 Å². The van der Waals surface area contributed by atoms with Crippen molar-refractivity contribution in [2.75, 3.05) is 18.5 Å². The fourth-order valence-electron chi connectivity index (χ4n) is 2.51. The molecule has 0 saturated carbocycles. The van der Waals surface area contributed by atoms with E-state index in [-0.39, 0.29) is 18.0 Å². The molecule has 2 atom stereocenters. The lowest BCUT2D eigenvalue weighted by Crippen LogP contribution is -2.39. The maximum absolute atomic E-state index is 12.1. The summed E-state index contributed by atoms with van der Waals surface area (Å²) in [7, 11) is 0. The minimum atomic E-state index is -0.778. The highest BCUT2D eigenvalue weighted by Gasteiger charge is 2.38. The Balaban J connectivity index is 1.65. The van der Waals surface area contributed by atoms with Gasteiger partial charge < -0.3 is 14.5 Å². The molecule has 0 spiro atoms. The van der Waals surface area contributed by atoms with Gasteiger partial charge in [-0.25, -0.2) is 0 Å². The van der Waals surface area contributed by atoms with E-state index in [0.29, 0.717) is 18.9 Å². The van der Waals surface area contributed by atoms with Crippen LogP contribution in [-0.2, 0) is 9.53 Å². The summed E-state index contributed by atoms with van der Waals surface area (Å²) in [6.07, 6.45) is 3.69. The lowest BCUT2D eigenvalue weighted by molar-refractivity contribution is -0.133. The standard InChI is InChI=1S/C12H18N4O3/c1-12(5-3-7-18-12)10(17)14-11-16-15-9(19-11)8-4-2-6-13-8/h8,13H,2-7H2,1H3,(H,14,16,17). The fraction of sp³-hybridized carbons (Fsp3) is 0.750. The van der Waals surface area contributed by atoms with Crippen LogP contribution >= 0.6 is 0 Å². The zero-order valence-electron chi connectivity index (χ0n) is 10.9. The average Bonchev–Trinajstić information content (AvgIpc) is 3.08. The zero-order valence-corrected chi connectivity index (χ0v) is 10.9. The monoisotopic (exact) mass is 266 g/mol. The fourth-order valence-corrected chi connectivity index (χ4v) is 2.51. The second-order valence-electron chi connectivity index (χ2n) is 5.23. The first kappa shape index (κ1) is 12.6. The van der Waals surface area contributed by atoms with Gasteiger partial charge in [0.25, 0.3) is 5.91 Å². The largest absolute Gasteiger partial charge is 0.406 e. The lowest BCUT2D eigenvalue weighted by Gasteiger charge is -2.20. The Kier molecular flexibility index (Phi) is 3.24. The molecule has 2 N–H and O–H groups in total. The van der Waals surface area contributed by atoms with Crippen molar-refractivity contribution >= 4 is 11.9 Å². The molecule has 0 bridgehead atoms. The zero-order chi connectivity index (χ0) is 13.3. The van der Waals surface area contributed by atoms with Gasteiger partial charge in [0, 0.05) is 6.61 Å². The van der Waals surface area contributed by atoms with Crippen LogP contribution in [0, 0.1) is 0 Å². The van der Waals surface area contributed by atoms with Gasteiger partial charge in [-0.2, -0.15) is 0 Å². The summed E-state index contributed by atoms with van der Waals surface area (Å²) in [6, 6.07) is 0.252. The van der Waals surface area contributed by atoms with E-state index >= 15 is 0 Å². The van der Waals surface area contributed by atoms with Crippen molar-refractivity contribution in [3.8, 4) is 0 Å². The third-order valence-electron chi connectivity index (χ3n) is 3.72. The Labute approximate surface area is 111 Å². The summed E-state index contributed by atoms with van der Waals surface area (Å²) in [6.45, 7) is 3.36. The van der Waals surface area contributed by atoms with E-state index in [0.717, 1.165) is 25.8 Å². The van der Waals surface area contributed by atoms with Crippen LogP contribution in [0.5, 0.6) is 0 Å². The molecule has 1 aromatic heterocycles. The van der Waals surface area contributed by atoms with Crippen LogP contribution in [0.15, 0.2) is 4.42 Å². The molecule has 1 amide bonds. The summed E-state index contributed by atoms with van der Waals surface area (Å²) in [5, 5.41) is 13.7. The number of rotatable bonds is 3. The molecular weight excluding hydrogens is 248 g/mol. The number of hydrogen-bond donors (Lipinski definition) is 2. The van der Waals surface area contributed by atoms with Gasteiger partial charge in [-0.3, -0.25) is 10.1 Å². The third-order valence-corrected chi connectivity index (χ3v) is 3.72. The molecule has 0 aliphatic carbocycles. The predicted molar refractivity (Wildman–Crippen MR) is 66.5 cm³/mol. The van der Waals surface area contributed by atoms with Crippen LogP contribution in [0.25, 0.3) is 0 Å². The van der Waals surface area contributed by atoms with Gasteiger partial charge in [0.05, 0.1) is 6.04 Å². The van der Waals surface area contributed by atoms with E-state index < -0.39 is 5.60 Å². The molecule has 2 aliphatic rings. The molecule has 3 rings (SSSR count). The van der Waals surface area contributed by atoms with Crippen molar-refractivity contribution in [2.45, 2.75) is 44.2 Å². The Hall–Kier alpha value is -1.47. The van der Waals surface area contributed by atoms with Crippen LogP contribution in [0.3, 0.4) is 0 Å². The SMILES string of the molecule is CC1(C(=O)Nc2nnc(C3CCCN3)o2)CCCO1. The van der Waals surface area contributed by atoms with Gasteiger partial charge in [0.1, 0.15) is 5.60 Å². The summed E-state index contributed by atoms with van der Waals surface area (Å²) in [5.41, 5.74) is -0.778. The minimum Gasteiger partial charge on any atom is -0.406 e. The number of ether oxygens (including phenoxy) is 1. The van der Waals surface area contributed by atoms with E-state index in [9.17, 15) is 4.79 Å². The number of hydrogen-bond acceptors (Lipinski definition) is 6. The summed E-state index contributed by atoms with van der Waals surface area (Å²) in [4.78, 5) is 12.1. The summed E-state index contributed by atoms with van der Waals surface area (Å²) < 4.78 is 10.9. The van der Waals surface area contributed by atoms with E-state index in [4.69, 9.17) is 9.15 Å². The van der Waals surface area contributed by atoms with E-state index in [1.165, 1.54) is 0 Å². The second kappa shape index (κ2) is 4.90.